The summed E-state index contributed by atoms with van der Waals surface area (Å²) < 4.78 is 10.1. The minimum Gasteiger partial charge on any atom is -0.356 e. The summed E-state index contributed by atoms with van der Waals surface area (Å²) >= 11 is 0. The smallest absolute Gasteiger partial charge is 0.154 e. The van der Waals surface area contributed by atoms with E-state index in [1.807, 2.05) is 20.8 Å². The molecular weight excluding hydrogens is 130 g/mol. The number of hydrogen-bond donors (Lipinski definition) is 1. The topological polar surface area (TPSA) is 44.5 Å². The van der Waals surface area contributed by atoms with E-state index in [2.05, 4.69) is 0 Å². The van der Waals surface area contributed by atoms with E-state index in [0.717, 1.165) is 0 Å². The molecular formula is C7H17NO2. The van der Waals surface area contributed by atoms with E-state index in [4.69, 9.17) is 15.2 Å². The van der Waals surface area contributed by atoms with Crippen LogP contribution in [0.5, 0.6) is 0 Å². The van der Waals surface area contributed by atoms with Crippen LogP contribution in [0, 0.1) is 0 Å². The lowest BCUT2D eigenvalue weighted by Gasteiger charge is -2.20. The molecule has 1 unspecified atom stereocenters. The number of rotatable bonds is 4. The molecule has 3 heteroatoms. The van der Waals surface area contributed by atoms with Gasteiger partial charge in [-0.15, -0.1) is 0 Å². The van der Waals surface area contributed by atoms with Crippen LogP contribution >= 0.6 is 0 Å². The first kappa shape index (κ1) is 9.88. The molecule has 3 nitrogen and oxygen atoms in total. The molecule has 0 fully saturated rings. The molecule has 0 aliphatic heterocycles. The van der Waals surface area contributed by atoms with Gasteiger partial charge in [-0.3, -0.25) is 0 Å². The summed E-state index contributed by atoms with van der Waals surface area (Å²) in [5.41, 5.74) is 5.39. The van der Waals surface area contributed by atoms with Crippen molar-refractivity contribution in [2.45, 2.75) is 32.6 Å². The van der Waals surface area contributed by atoms with Crippen molar-refractivity contribution in [2.24, 2.45) is 5.73 Å². The highest BCUT2D eigenvalue weighted by molar-refractivity contribution is 4.69. The molecule has 10 heavy (non-hydrogen) atoms. The van der Waals surface area contributed by atoms with Crippen molar-refractivity contribution in [1.29, 1.82) is 0 Å². The predicted octanol–water partition coefficient (Wildman–Crippen LogP) is 0.733. The van der Waals surface area contributed by atoms with Gasteiger partial charge in [-0.2, -0.15) is 0 Å². The molecule has 0 rings (SSSR count). The van der Waals surface area contributed by atoms with Crippen molar-refractivity contribution >= 4 is 0 Å². The second-order valence-electron chi connectivity index (χ2n) is 3.10. The van der Waals surface area contributed by atoms with Crippen LogP contribution in [-0.2, 0) is 9.47 Å². The summed E-state index contributed by atoms with van der Waals surface area (Å²) in [6.45, 7) is 6.18. The third kappa shape index (κ3) is 6.01. The third-order valence-corrected chi connectivity index (χ3v) is 1.02. The van der Waals surface area contributed by atoms with E-state index in [1.54, 1.807) is 7.11 Å². The van der Waals surface area contributed by atoms with E-state index in [1.165, 1.54) is 0 Å². The Bertz CT molecular complexity index is 88.1. The average Bonchev–Trinajstić information content (AvgIpc) is 1.81. The largest absolute Gasteiger partial charge is 0.356 e. The van der Waals surface area contributed by atoms with E-state index in [-0.39, 0.29) is 11.8 Å². The Morgan fingerprint density at radius 3 is 2.30 bits per heavy atom. The van der Waals surface area contributed by atoms with Gasteiger partial charge in [0.15, 0.2) is 6.29 Å². The van der Waals surface area contributed by atoms with Gasteiger partial charge in [-0.25, -0.2) is 0 Å². The first-order valence-corrected chi connectivity index (χ1v) is 3.39. The highest BCUT2D eigenvalue weighted by atomic mass is 16.7. The summed E-state index contributed by atoms with van der Waals surface area (Å²) in [5, 5.41) is 0. The lowest BCUT2D eigenvalue weighted by molar-refractivity contribution is -0.120. The molecule has 1 atom stereocenters. The van der Waals surface area contributed by atoms with E-state index < -0.39 is 0 Å². The van der Waals surface area contributed by atoms with Gasteiger partial charge in [0.1, 0.15) is 0 Å². The monoisotopic (exact) mass is 147 g/mol. The Hall–Kier alpha value is -0.120. The van der Waals surface area contributed by atoms with Crippen LogP contribution in [0.1, 0.15) is 20.8 Å². The maximum Gasteiger partial charge on any atom is 0.154 e. The van der Waals surface area contributed by atoms with Crippen molar-refractivity contribution < 1.29 is 9.47 Å². The first-order chi connectivity index (χ1) is 4.45. The Labute approximate surface area is 62.5 Å². The molecule has 0 spiro atoms. The van der Waals surface area contributed by atoms with Gasteiger partial charge in [0.05, 0.1) is 6.61 Å². The van der Waals surface area contributed by atoms with E-state index in [9.17, 15) is 0 Å². The molecule has 62 valence electrons. The van der Waals surface area contributed by atoms with Crippen molar-refractivity contribution in [3.05, 3.63) is 0 Å². The number of methoxy groups -OCH3 is 1. The van der Waals surface area contributed by atoms with Crippen LogP contribution < -0.4 is 5.73 Å². The molecule has 0 aliphatic rings. The van der Waals surface area contributed by atoms with Gasteiger partial charge in [-0.1, -0.05) is 0 Å². The molecule has 0 heterocycles. The Morgan fingerprint density at radius 2 is 2.00 bits per heavy atom. The van der Waals surface area contributed by atoms with Crippen LogP contribution in [0.2, 0.25) is 0 Å². The molecule has 0 aromatic rings. The minimum absolute atomic E-state index is 0.164. The highest BCUT2D eigenvalue weighted by Crippen LogP contribution is 2.00. The maximum atomic E-state index is 5.66. The Balaban J connectivity index is 3.36. The quantitative estimate of drug-likeness (QED) is 0.596. The fourth-order valence-electron chi connectivity index (χ4n) is 0.400. The third-order valence-electron chi connectivity index (χ3n) is 1.02. The SMILES string of the molecule is COC(C)OCC(C)(C)N. The van der Waals surface area contributed by atoms with Crippen molar-refractivity contribution in [3.8, 4) is 0 Å². The average molecular weight is 147 g/mol. The molecule has 2 N–H and O–H groups in total. The van der Waals surface area contributed by atoms with Crippen LogP contribution in [0.15, 0.2) is 0 Å². The first-order valence-electron chi connectivity index (χ1n) is 3.39. The molecule has 0 saturated carbocycles. The summed E-state index contributed by atoms with van der Waals surface area (Å²) in [5.74, 6) is 0. The number of ether oxygens (including phenoxy) is 2. The lowest BCUT2D eigenvalue weighted by atomic mass is 10.1. The van der Waals surface area contributed by atoms with Gasteiger partial charge in [0.2, 0.25) is 0 Å². The summed E-state index contributed by atoms with van der Waals surface area (Å²) in [6, 6.07) is 0. The van der Waals surface area contributed by atoms with Crippen LogP contribution in [0.3, 0.4) is 0 Å². The Kier molecular flexibility index (Phi) is 3.86. The van der Waals surface area contributed by atoms with Crippen LogP contribution in [0.25, 0.3) is 0 Å². The summed E-state index contributed by atoms with van der Waals surface area (Å²) in [7, 11) is 1.61. The fraction of sp³-hybridized carbons (Fsp3) is 1.00. The molecule has 0 aromatic heterocycles. The lowest BCUT2D eigenvalue weighted by Crippen LogP contribution is -2.38. The Morgan fingerprint density at radius 1 is 1.50 bits per heavy atom. The number of hydrogen-bond acceptors (Lipinski definition) is 3. The minimum atomic E-state index is -0.271. The highest BCUT2D eigenvalue weighted by Gasteiger charge is 2.12. The van der Waals surface area contributed by atoms with Crippen LogP contribution in [-0.4, -0.2) is 25.5 Å². The summed E-state index contributed by atoms with van der Waals surface area (Å²) in [6.07, 6.45) is -0.164. The second-order valence-corrected chi connectivity index (χ2v) is 3.10. The van der Waals surface area contributed by atoms with Gasteiger partial charge in [0.25, 0.3) is 0 Å². The molecule has 0 amide bonds. The zero-order valence-corrected chi connectivity index (χ0v) is 7.18. The molecule has 0 bridgehead atoms. The van der Waals surface area contributed by atoms with Gasteiger partial charge in [0, 0.05) is 12.6 Å². The maximum absolute atomic E-state index is 5.66. The summed E-state index contributed by atoms with van der Waals surface area (Å²) in [4.78, 5) is 0. The van der Waals surface area contributed by atoms with Gasteiger partial charge < -0.3 is 15.2 Å². The van der Waals surface area contributed by atoms with E-state index in [0.29, 0.717) is 6.61 Å². The number of nitrogens with two attached hydrogens (primary N) is 1. The molecule has 0 saturated heterocycles. The predicted molar refractivity (Wildman–Crippen MR) is 40.7 cm³/mol. The normalized spacial score (nSPS) is 15.3. The van der Waals surface area contributed by atoms with Crippen molar-refractivity contribution in [1.82, 2.24) is 0 Å². The van der Waals surface area contributed by atoms with Gasteiger partial charge in [-0.05, 0) is 20.8 Å². The van der Waals surface area contributed by atoms with Gasteiger partial charge >= 0.3 is 0 Å². The zero-order chi connectivity index (χ0) is 8.20. The van der Waals surface area contributed by atoms with Crippen LogP contribution in [0.4, 0.5) is 0 Å². The molecule has 0 aromatic carbocycles. The second kappa shape index (κ2) is 3.91. The van der Waals surface area contributed by atoms with E-state index >= 15 is 0 Å². The molecule has 0 aliphatic carbocycles. The van der Waals surface area contributed by atoms with Crippen molar-refractivity contribution in [3.63, 3.8) is 0 Å². The standard InChI is InChI=1S/C7H17NO2/c1-6(9-4)10-5-7(2,3)8/h6H,5,8H2,1-4H3. The zero-order valence-electron chi connectivity index (χ0n) is 7.18. The molecule has 0 radical (unpaired) electrons. The fourth-order valence-corrected chi connectivity index (χ4v) is 0.400. The van der Waals surface area contributed by atoms with Crippen molar-refractivity contribution in [2.75, 3.05) is 13.7 Å².